The zero-order chi connectivity index (χ0) is 16.9. The molecule has 2 aromatic carbocycles. The fourth-order valence-electron chi connectivity index (χ4n) is 2.72. The number of benzene rings is 2. The highest BCUT2D eigenvalue weighted by atomic mass is 16.7. The van der Waals surface area contributed by atoms with Crippen LogP contribution in [0.2, 0.25) is 0 Å². The molecule has 0 fully saturated rings. The minimum absolute atomic E-state index is 0.00752. The number of fused-ring (bicyclic) bond motifs is 1. The van der Waals surface area contributed by atoms with Crippen LogP contribution in [0, 0.1) is 0 Å². The molecule has 5 heteroatoms. The highest BCUT2D eigenvalue weighted by Crippen LogP contribution is 2.35. The molecule has 0 unspecified atom stereocenters. The summed E-state index contributed by atoms with van der Waals surface area (Å²) in [6.45, 7) is 1.13. The Bertz CT molecular complexity index is 711. The van der Waals surface area contributed by atoms with Crippen molar-refractivity contribution < 1.29 is 14.3 Å². The van der Waals surface area contributed by atoms with Crippen LogP contribution in [0.25, 0.3) is 0 Å². The van der Waals surface area contributed by atoms with Gasteiger partial charge >= 0.3 is 0 Å². The summed E-state index contributed by atoms with van der Waals surface area (Å²) in [4.78, 5) is 14.3. The van der Waals surface area contributed by atoms with E-state index in [-0.39, 0.29) is 12.7 Å². The van der Waals surface area contributed by atoms with Crippen LogP contribution in [-0.2, 0) is 17.8 Å². The summed E-state index contributed by atoms with van der Waals surface area (Å²) in [7, 11) is 4.07. The fraction of sp³-hybridized carbons (Fsp3) is 0.316. The van der Waals surface area contributed by atoms with Gasteiger partial charge in [0, 0.05) is 18.7 Å². The van der Waals surface area contributed by atoms with Crippen molar-refractivity contribution in [2.24, 2.45) is 0 Å². The maximum atomic E-state index is 12.2. The summed E-state index contributed by atoms with van der Waals surface area (Å²) in [5.74, 6) is 1.51. The molecule has 1 aliphatic heterocycles. The van der Waals surface area contributed by atoms with Gasteiger partial charge < -0.3 is 19.7 Å². The van der Waals surface area contributed by atoms with E-state index in [0.717, 1.165) is 29.3 Å². The zero-order valence-electron chi connectivity index (χ0n) is 14.0. The van der Waals surface area contributed by atoms with E-state index in [2.05, 4.69) is 10.2 Å². The monoisotopic (exact) mass is 326 g/mol. The number of aryl methyl sites for hydroxylation is 1. The second kappa shape index (κ2) is 7.36. The molecular formula is C19H22N2O3. The predicted molar refractivity (Wildman–Crippen MR) is 93.3 cm³/mol. The number of nitrogens with one attached hydrogen (secondary N) is 1. The topological polar surface area (TPSA) is 50.8 Å². The molecule has 0 aliphatic carbocycles. The molecule has 2 aromatic rings. The lowest BCUT2D eigenvalue weighted by molar-refractivity contribution is -0.116. The Morgan fingerprint density at radius 3 is 2.67 bits per heavy atom. The van der Waals surface area contributed by atoms with E-state index < -0.39 is 0 Å². The van der Waals surface area contributed by atoms with Gasteiger partial charge in [0.05, 0.1) is 0 Å². The van der Waals surface area contributed by atoms with Gasteiger partial charge in [-0.1, -0.05) is 24.3 Å². The van der Waals surface area contributed by atoms with Gasteiger partial charge in [-0.25, -0.2) is 0 Å². The number of ether oxygens (including phenoxy) is 2. The number of nitrogens with zero attached hydrogens (tertiary/aromatic N) is 1. The molecule has 0 spiro atoms. The summed E-state index contributed by atoms with van der Waals surface area (Å²) in [5, 5.41) is 2.94. The third-order valence-electron chi connectivity index (χ3n) is 3.84. The van der Waals surface area contributed by atoms with Crippen molar-refractivity contribution in [2.45, 2.75) is 19.4 Å². The third kappa shape index (κ3) is 4.06. The first-order valence-corrected chi connectivity index (χ1v) is 8.03. The zero-order valence-corrected chi connectivity index (χ0v) is 14.0. The quantitative estimate of drug-likeness (QED) is 0.886. The van der Waals surface area contributed by atoms with E-state index in [1.807, 2.05) is 56.6 Å². The minimum atomic E-state index is -0.00752. The van der Waals surface area contributed by atoms with Crippen LogP contribution in [-0.4, -0.2) is 31.7 Å². The average molecular weight is 326 g/mol. The number of rotatable bonds is 6. The number of hydrogen-bond donors (Lipinski definition) is 1. The van der Waals surface area contributed by atoms with Gasteiger partial charge in [0.25, 0.3) is 0 Å². The lowest BCUT2D eigenvalue weighted by atomic mass is 10.1. The number of hydrogen-bond acceptors (Lipinski definition) is 4. The second-order valence-corrected chi connectivity index (χ2v) is 6.13. The molecule has 0 saturated heterocycles. The van der Waals surface area contributed by atoms with Gasteiger partial charge in [0.15, 0.2) is 11.5 Å². The van der Waals surface area contributed by atoms with E-state index in [9.17, 15) is 4.79 Å². The molecule has 3 rings (SSSR count). The van der Waals surface area contributed by atoms with Crippen molar-refractivity contribution in [3.05, 3.63) is 53.6 Å². The Morgan fingerprint density at radius 2 is 1.92 bits per heavy atom. The number of para-hydroxylation sites is 1. The van der Waals surface area contributed by atoms with Crippen molar-refractivity contribution in [1.82, 2.24) is 4.90 Å². The van der Waals surface area contributed by atoms with Crippen LogP contribution >= 0.6 is 0 Å². The first kappa shape index (κ1) is 16.3. The van der Waals surface area contributed by atoms with E-state index >= 15 is 0 Å². The summed E-state index contributed by atoms with van der Waals surface area (Å²) in [5.41, 5.74) is 3.04. The molecule has 0 bridgehead atoms. The summed E-state index contributed by atoms with van der Waals surface area (Å²) >= 11 is 0. The highest BCUT2D eigenvalue weighted by Gasteiger charge is 2.17. The molecule has 0 saturated carbocycles. The summed E-state index contributed by atoms with van der Waals surface area (Å²) in [6.07, 6.45) is 1.02. The first-order chi connectivity index (χ1) is 11.6. The van der Waals surface area contributed by atoms with Crippen LogP contribution in [0.4, 0.5) is 5.69 Å². The molecular weight excluding hydrogens is 304 g/mol. The predicted octanol–water partition coefficient (Wildman–Crippen LogP) is 3.05. The molecule has 1 N–H and O–H groups in total. The largest absolute Gasteiger partial charge is 0.454 e. The third-order valence-corrected chi connectivity index (χ3v) is 3.84. The van der Waals surface area contributed by atoms with E-state index in [4.69, 9.17) is 9.47 Å². The maximum absolute atomic E-state index is 12.2. The van der Waals surface area contributed by atoms with Crippen LogP contribution < -0.4 is 14.8 Å². The average Bonchev–Trinajstić information content (AvgIpc) is 3.03. The normalized spacial score (nSPS) is 12.5. The molecule has 1 aliphatic rings. The lowest BCUT2D eigenvalue weighted by Gasteiger charge is -2.11. The van der Waals surface area contributed by atoms with Gasteiger partial charge in [-0.2, -0.15) is 0 Å². The smallest absolute Gasteiger partial charge is 0.231 e. The molecule has 24 heavy (non-hydrogen) atoms. The molecule has 0 aromatic heterocycles. The van der Waals surface area contributed by atoms with Crippen LogP contribution in [0.3, 0.4) is 0 Å². The molecule has 126 valence electrons. The van der Waals surface area contributed by atoms with Crippen molar-refractivity contribution >= 4 is 11.6 Å². The Balaban J connectivity index is 1.54. The molecule has 1 amide bonds. The Labute approximate surface area is 142 Å². The van der Waals surface area contributed by atoms with E-state index in [1.54, 1.807) is 0 Å². The summed E-state index contributed by atoms with van der Waals surface area (Å²) in [6, 6.07) is 13.7. The first-order valence-electron chi connectivity index (χ1n) is 8.03. The van der Waals surface area contributed by atoms with Gasteiger partial charge in [-0.15, -0.1) is 0 Å². The fourth-order valence-corrected chi connectivity index (χ4v) is 2.72. The standard InChI is InChI=1S/C19H22N2O3/c1-21(2)12-14-6-9-16(10-7-14)20-18(22)11-8-15-4-3-5-17-19(15)24-13-23-17/h3-7,9-10H,8,11-13H2,1-2H3,(H,20,22). The van der Waals surface area contributed by atoms with Crippen molar-refractivity contribution in [1.29, 1.82) is 0 Å². The second-order valence-electron chi connectivity index (χ2n) is 6.13. The van der Waals surface area contributed by atoms with Gasteiger partial charge in [0.2, 0.25) is 12.7 Å². The van der Waals surface area contributed by atoms with E-state index in [1.165, 1.54) is 5.56 Å². The molecule has 1 heterocycles. The van der Waals surface area contributed by atoms with Crippen LogP contribution in [0.1, 0.15) is 17.5 Å². The van der Waals surface area contributed by atoms with Crippen molar-refractivity contribution in [3.8, 4) is 11.5 Å². The van der Waals surface area contributed by atoms with Gasteiger partial charge in [-0.05, 0) is 49.8 Å². The molecule has 0 atom stereocenters. The number of carbonyl (C=O) groups excluding carboxylic acids is 1. The van der Waals surface area contributed by atoms with Crippen molar-refractivity contribution in [3.63, 3.8) is 0 Å². The lowest BCUT2D eigenvalue weighted by Crippen LogP contribution is -2.13. The number of carbonyl (C=O) groups is 1. The Kier molecular flexibility index (Phi) is 5.01. The maximum Gasteiger partial charge on any atom is 0.231 e. The number of anilines is 1. The molecule has 0 radical (unpaired) electrons. The SMILES string of the molecule is CN(C)Cc1ccc(NC(=O)CCc2cccc3c2OCO3)cc1. The molecule has 5 nitrogen and oxygen atoms in total. The summed E-state index contributed by atoms with van der Waals surface area (Å²) < 4.78 is 10.8. The van der Waals surface area contributed by atoms with Crippen LogP contribution in [0.15, 0.2) is 42.5 Å². The Morgan fingerprint density at radius 1 is 1.12 bits per heavy atom. The van der Waals surface area contributed by atoms with Crippen molar-refractivity contribution in [2.75, 3.05) is 26.2 Å². The van der Waals surface area contributed by atoms with Crippen LogP contribution in [0.5, 0.6) is 11.5 Å². The number of amides is 1. The van der Waals surface area contributed by atoms with Gasteiger partial charge in [-0.3, -0.25) is 4.79 Å². The van der Waals surface area contributed by atoms with E-state index in [0.29, 0.717) is 12.8 Å². The highest BCUT2D eigenvalue weighted by molar-refractivity contribution is 5.90. The van der Waals surface area contributed by atoms with Gasteiger partial charge in [0.1, 0.15) is 0 Å². The minimum Gasteiger partial charge on any atom is -0.454 e. The Hall–Kier alpha value is -2.53.